The van der Waals surface area contributed by atoms with Gasteiger partial charge in [-0.3, -0.25) is 0 Å². The van der Waals surface area contributed by atoms with Crippen LogP contribution in [0.2, 0.25) is 0 Å². The Balaban J connectivity index is 2.06. The van der Waals surface area contributed by atoms with Crippen LogP contribution in [-0.4, -0.2) is 0 Å². The zero-order chi connectivity index (χ0) is 18.5. The molecule has 0 heteroatoms. The van der Waals surface area contributed by atoms with Gasteiger partial charge in [0.1, 0.15) is 0 Å². The zero-order valence-corrected chi connectivity index (χ0v) is 16.3. The average Bonchev–Trinajstić information content (AvgIpc) is 2.70. The van der Waals surface area contributed by atoms with Gasteiger partial charge in [-0.1, -0.05) is 75.2 Å². The smallest absolute Gasteiger partial charge is 0.0424 e. The molecule has 3 aromatic carbocycles. The van der Waals surface area contributed by atoms with E-state index in [-0.39, 0.29) is 5.92 Å². The molecule has 3 rings (SSSR count). The number of fused-ring (bicyclic) bond motifs is 1. The van der Waals surface area contributed by atoms with E-state index in [1.807, 2.05) is 0 Å². The van der Waals surface area contributed by atoms with Crippen LogP contribution in [0.4, 0.5) is 0 Å². The van der Waals surface area contributed by atoms with E-state index in [9.17, 15) is 0 Å². The van der Waals surface area contributed by atoms with E-state index in [2.05, 4.69) is 100 Å². The van der Waals surface area contributed by atoms with Crippen LogP contribution in [0.25, 0.3) is 21.9 Å². The summed E-state index contributed by atoms with van der Waals surface area (Å²) in [5.41, 5.74) is 5.29. The Hall–Kier alpha value is -2.52. The Morgan fingerprint density at radius 1 is 0.846 bits per heavy atom. The molecule has 3 aromatic rings. The third kappa shape index (κ3) is 3.83. The molecule has 0 N–H and O–H groups in total. The first-order valence-electron chi connectivity index (χ1n) is 9.75. The van der Waals surface area contributed by atoms with Crippen molar-refractivity contribution in [1.29, 1.82) is 0 Å². The van der Waals surface area contributed by atoms with Gasteiger partial charge in [-0.05, 0) is 64.4 Å². The highest BCUT2D eigenvalue weighted by atomic mass is 14.1. The number of hydrogen-bond donors (Lipinski definition) is 0. The largest absolute Gasteiger partial charge is 0.103 e. The molecule has 0 amide bonds. The van der Waals surface area contributed by atoms with E-state index in [1.54, 1.807) is 0 Å². The molecular weight excluding hydrogens is 312 g/mol. The Morgan fingerprint density at radius 3 is 2.38 bits per heavy atom. The van der Waals surface area contributed by atoms with Crippen LogP contribution in [0.5, 0.6) is 0 Å². The molecule has 0 fully saturated rings. The monoisotopic (exact) mass is 340 g/mol. The van der Waals surface area contributed by atoms with Gasteiger partial charge in [0.05, 0.1) is 0 Å². The van der Waals surface area contributed by atoms with Gasteiger partial charge in [0.2, 0.25) is 0 Å². The molecule has 0 spiro atoms. The molecule has 0 heterocycles. The van der Waals surface area contributed by atoms with Gasteiger partial charge in [0.15, 0.2) is 0 Å². The van der Waals surface area contributed by atoms with Gasteiger partial charge in [-0.15, -0.1) is 5.92 Å². The van der Waals surface area contributed by atoms with Crippen LogP contribution in [0, 0.1) is 11.8 Å². The van der Waals surface area contributed by atoms with Gasteiger partial charge in [-0.2, -0.15) is 0 Å². The second-order valence-corrected chi connectivity index (χ2v) is 7.11. The molecule has 0 radical (unpaired) electrons. The fourth-order valence-corrected chi connectivity index (χ4v) is 3.45. The molecule has 0 aliphatic rings. The Labute approximate surface area is 158 Å². The molecule has 0 aromatic heterocycles. The van der Waals surface area contributed by atoms with Crippen molar-refractivity contribution >= 4 is 10.8 Å². The summed E-state index contributed by atoms with van der Waals surface area (Å²) in [4.78, 5) is 0. The maximum absolute atomic E-state index is 3.34. The van der Waals surface area contributed by atoms with Crippen molar-refractivity contribution in [3.05, 3.63) is 71.8 Å². The van der Waals surface area contributed by atoms with Crippen LogP contribution in [-0.2, 0) is 0 Å². The molecule has 26 heavy (non-hydrogen) atoms. The number of hydrogen-bond acceptors (Lipinski definition) is 0. The first kappa shape index (κ1) is 18.3. The SMILES string of the molecule is CCC#CC(C)c1cccc(-c2ccc3cccc(C(C)CC)c3c2)c1. The minimum atomic E-state index is 0.269. The van der Waals surface area contributed by atoms with Crippen molar-refractivity contribution in [3.8, 4) is 23.0 Å². The summed E-state index contributed by atoms with van der Waals surface area (Å²) >= 11 is 0. The van der Waals surface area contributed by atoms with E-state index in [1.165, 1.54) is 33.0 Å². The summed E-state index contributed by atoms with van der Waals surface area (Å²) in [5, 5.41) is 2.70. The molecule has 0 aliphatic heterocycles. The number of rotatable bonds is 4. The van der Waals surface area contributed by atoms with Crippen LogP contribution in [0.3, 0.4) is 0 Å². The first-order chi connectivity index (χ1) is 12.6. The van der Waals surface area contributed by atoms with E-state index in [0.29, 0.717) is 5.92 Å². The molecule has 0 aliphatic carbocycles. The molecular formula is C26H28. The van der Waals surface area contributed by atoms with Crippen molar-refractivity contribution in [2.75, 3.05) is 0 Å². The average molecular weight is 341 g/mol. The fraction of sp³-hybridized carbons (Fsp3) is 0.308. The van der Waals surface area contributed by atoms with Crippen LogP contribution >= 0.6 is 0 Å². The summed E-state index contributed by atoms with van der Waals surface area (Å²) in [6.07, 6.45) is 2.07. The minimum absolute atomic E-state index is 0.269. The normalized spacial score (nSPS) is 13.1. The summed E-state index contributed by atoms with van der Waals surface area (Å²) < 4.78 is 0. The van der Waals surface area contributed by atoms with E-state index in [0.717, 1.165) is 12.8 Å². The van der Waals surface area contributed by atoms with Crippen molar-refractivity contribution in [1.82, 2.24) is 0 Å². The third-order valence-electron chi connectivity index (χ3n) is 5.27. The second kappa shape index (κ2) is 8.24. The quantitative estimate of drug-likeness (QED) is 0.430. The van der Waals surface area contributed by atoms with Crippen molar-refractivity contribution < 1.29 is 0 Å². The highest BCUT2D eigenvalue weighted by Crippen LogP contribution is 2.32. The molecule has 2 unspecified atom stereocenters. The molecule has 0 bridgehead atoms. The van der Waals surface area contributed by atoms with E-state index in [4.69, 9.17) is 0 Å². The zero-order valence-electron chi connectivity index (χ0n) is 16.3. The predicted octanol–water partition coefficient (Wildman–Crippen LogP) is 7.54. The number of benzene rings is 3. The van der Waals surface area contributed by atoms with Crippen molar-refractivity contribution in [2.24, 2.45) is 0 Å². The fourth-order valence-electron chi connectivity index (χ4n) is 3.45. The van der Waals surface area contributed by atoms with Gasteiger partial charge < -0.3 is 0 Å². The molecule has 2 atom stereocenters. The van der Waals surface area contributed by atoms with E-state index >= 15 is 0 Å². The predicted molar refractivity (Wildman–Crippen MR) is 115 cm³/mol. The highest BCUT2D eigenvalue weighted by Gasteiger charge is 2.10. The maximum atomic E-state index is 3.34. The molecule has 132 valence electrons. The summed E-state index contributed by atoms with van der Waals surface area (Å²) in [7, 11) is 0. The molecule has 0 nitrogen and oxygen atoms in total. The van der Waals surface area contributed by atoms with Gasteiger partial charge in [-0.25, -0.2) is 0 Å². The van der Waals surface area contributed by atoms with Gasteiger partial charge in [0, 0.05) is 12.3 Å². The first-order valence-corrected chi connectivity index (χ1v) is 9.75. The highest BCUT2D eigenvalue weighted by molar-refractivity contribution is 5.90. The Bertz CT molecular complexity index is 952. The van der Waals surface area contributed by atoms with Crippen molar-refractivity contribution in [3.63, 3.8) is 0 Å². The van der Waals surface area contributed by atoms with Crippen LogP contribution in [0.15, 0.2) is 60.7 Å². The Morgan fingerprint density at radius 2 is 1.62 bits per heavy atom. The second-order valence-electron chi connectivity index (χ2n) is 7.11. The van der Waals surface area contributed by atoms with Crippen LogP contribution in [0.1, 0.15) is 63.5 Å². The lowest BCUT2D eigenvalue weighted by atomic mass is 9.90. The van der Waals surface area contributed by atoms with Crippen molar-refractivity contribution in [2.45, 2.75) is 52.4 Å². The molecule has 0 saturated carbocycles. The maximum Gasteiger partial charge on any atom is 0.0424 e. The topological polar surface area (TPSA) is 0 Å². The lowest BCUT2D eigenvalue weighted by molar-refractivity contribution is 0.740. The summed E-state index contributed by atoms with van der Waals surface area (Å²) in [5.74, 6) is 7.39. The van der Waals surface area contributed by atoms with Gasteiger partial charge >= 0.3 is 0 Å². The van der Waals surface area contributed by atoms with Gasteiger partial charge in [0.25, 0.3) is 0 Å². The lowest BCUT2D eigenvalue weighted by Gasteiger charge is -2.14. The van der Waals surface area contributed by atoms with E-state index < -0.39 is 0 Å². The summed E-state index contributed by atoms with van der Waals surface area (Å²) in [6.45, 7) is 8.86. The summed E-state index contributed by atoms with van der Waals surface area (Å²) in [6, 6.07) is 22.4. The standard InChI is InChI=1S/C26H28/c1-5-7-10-20(4)22-12-8-13-23(17-22)24-16-15-21-11-9-14-25(19(3)6-2)26(21)18-24/h8-9,11-20H,5-6H2,1-4H3. The van der Waals surface area contributed by atoms with Crippen LogP contribution < -0.4 is 0 Å². The minimum Gasteiger partial charge on any atom is -0.103 e. The molecule has 0 saturated heterocycles. The lowest BCUT2D eigenvalue weighted by Crippen LogP contribution is -1.94. The third-order valence-corrected chi connectivity index (χ3v) is 5.27. The Kier molecular flexibility index (Phi) is 5.79.